The van der Waals surface area contributed by atoms with Crippen LogP contribution in [0.15, 0.2) is 22.7 Å². The number of hydrogen-bond acceptors (Lipinski definition) is 4. The minimum absolute atomic E-state index is 0.198. The minimum atomic E-state index is -0.856. The third-order valence-corrected chi connectivity index (χ3v) is 8.48. The molecule has 2 N–H and O–H groups in total. The summed E-state index contributed by atoms with van der Waals surface area (Å²) in [6.45, 7) is 6.48. The number of carbonyl (C=O) groups excluding carboxylic acids is 1. The maximum atomic E-state index is 13.4. The van der Waals surface area contributed by atoms with Gasteiger partial charge in [-0.2, -0.15) is 0 Å². The molecule has 7 heteroatoms. The molecule has 0 aliphatic heterocycles. The van der Waals surface area contributed by atoms with E-state index >= 15 is 0 Å². The quantitative estimate of drug-likeness (QED) is 0.413. The van der Waals surface area contributed by atoms with Crippen LogP contribution in [0.1, 0.15) is 99.1 Å². The lowest BCUT2D eigenvalue weighted by atomic mass is 9.69. The van der Waals surface area contributed by atoms with Crippen molar-refractivity contribution in [3.05, 3.63) is 45.8 Å². The van der Waals surface area contributed by atoms with Gasteiger partial charge in [0, 0.05) is 23.3 Å². The molecule has 1 heterocycles. The first-order valence-electron chi connectivity index (χ1n) is 13.0. The number of carboxylic acids is 1. The van der Waals surface area contributed by atoms with Crippen LogP contribution in [0.2, 0.25) is 5.02 Å². The maximum Gasteiger partial charge on any atom is 0.306 e. The second-order valence-corrected chi connectivity index (χ2v) is 11.9. The molecule has 0 radical (unpaired) electrons. The van der Waals surface area contributed by atoms with E-state index in [-0.39, 0.29) is 11.8 Å². The van der Waals surface area contributed by atoms with E-state index in [1.54, 1.807) is 6.07 Å². The van der Waals surface area contributed by atoms with Gasteiger partial charge in [0.1, 0.15) is 5.76 Å². The van der Waals surface area contributed by atoms with E-state index in [4.69, 9.17) is 16.1 Å². The molecule has 3 aliphatic carbocycles. The first-order chi connectivity index (χ1) is 16.7. The molecule has 2 aromatic rings. The van der Waals surface area contributed by atoms with Crippen molar-refractivity contribution in [1.29, 1.82) is 0 Å². The largest absolute Gasteiger partial charge is 0.481 e. The average molecular weight is 499 g/mol. The molecule has 35 heavy (non-hydrogen) atoms. The average Bonchev–Trinajstić information content (AvgIpc) is 3.35. The van der Waals surface area contributed by atoms with Gasteiger partial charge in [-0.15, -0.1) is 0 Å². The summed E-state index contributed by atoms with van der Waals surface area (Å²) in [6, 6.07) is 5.50. The number of aliphatic carboxylic acids is 1. The fourth-order valence-corrected chi connectivity index (χ4v) is 6.54. The number of hydrogen-bond donors (Lipinski definition) is 2. The molecule has 0 unspecified atom stereocenters. The van der Waals surface area contributed by atoms with Crippen LogP contribution in [0.3, 0.4) is 0 Å². The van der Waals surface area contributed by atoms with Crippen LogP contribution in [0.25, 0.3) is 0 Å². The number of benzene rings is 1. The van der Waals surface area contributed by atoms with E-state index in [0.717, 1.165) is 48.6 Å². The molecule has 188 valence electrons. The smallest absolute Gasteiger partial charge is 0.306 e. The van der Waals surface area contributed by atoms with E-state index in [1.807, 2.05) is 19.1 Å². The Hall–Kier alpha value is -2.34. The summed E-state index contributed by atoms with van der Waals surface area (Å²) in [7, 11) is 0. The lowest BCUT2D eigenvalue weighted by Crippen LogP contribution is -2.26. The minimum Gasteiger partial charge on any atom is -0.481 e. The Labute approximate surface area is 211 Å². The first-order valence-corrected chi connectivity index (χ1v) is 13.4. The number of halogens is 1. The summed E-state index contributed by atoms with van der Waals surface area (Å²) < 4.78 is 5.99. The fourth-order valence-electron chi connectivity index (χ4n) is 6.25. The molecule has 3 saturated carbocycles. The van der Waals surface area contributed by atoms with Gasteiger partial charge in [-0.3, -0.25) is 9.59 Å². The number of nitrogens with one attached hydrogen (secondary N) is 1. The van der Waals surface area contributed by atoms with Crippen molar-refractivity contribution in [2.75, 3.05) is 5.32 Å². The number of rotatable bonds is 8. The second kappa shape index (κ2) is 9.61. The molecule has 0 bridgehead atoms. The molecule has 1 aromatic carbocycles. The van der Waals surface area contributed by atoms with Crippen molar-refractivity contribution in [2.24, 2.45) is 23.7 Å². The van der Waals surface area contributed by atoms with Crippen LogP contribution >= 0.6 is 11.6 Å². The lowest BCUT2D eigenvalue weighted by molar-refractivity contribution is -0.141. The normalized spacial score (nSPS) is 28.2. The van der Waals surface area contributed by atoms with Crippen LogP contribution < -0.4 is 5.32 Å². The van der Waals surface area contributed by atoms with Gasteiger partial charge in [-0.1, -0.05) is 36.7 Å². The number of anilines is 1. The molecule has 5 rings (SSSR count). The van der Waals surface area contributed by atoms with Crippen molar-refractivity contribution in [2.45, 2.75) is 83.5 Å². The summed E-state index contributed by atoms with van der Waals surface area (Å²) in [5.74, 6) is 0.877. The Bertz CT molecular complexity index is 1120. The number of carbonyl (C=O) groups is 2. The van der Waals surface area contributed by atoms with Crippen LogP contribution in [-0.4, -0.2) is 22.1 Å². The molecule has 6 nitrogen and oxygen atoms in total. The lowest BCUT2D eigenvalue weighted by Gasteiger charge is -2.35. The predicted molar refractivity (Wildman–Crippen MR) is 135 cm³/mol. The van der Waals surface area contributed by atoms with Gasteiger partial charge in [0.2, 0.25) is 5.91 Å². The van der Waals surface area contributed by atoms with Gasteiger partial charge in [-0.05, 0) is 87.3 Å². The molecular formula is C28H35ClN2O4. The zero-order valence-electron chi connectivity index (χ0n) is 20.7. The number of nitrogens with zero attached hydrogens (tertiary/aromatic N) is 1. The van der Waals surface area contributed by atoms with Crippen molar-refractivity contribution in [3.63, 3.8) is 0 Å². The molecule has 1 amide bonds. The van der Waals surface area contributed by atoms with E-state index < -0.39 is 17.8 Å². The van der Waals surface area contributed by atoms with E-state index in [0.29, 0.717) is 41.3 Å². The summed E-state index contributed by atoms with van der Waals surface area (Å²) in [6.07, 6.45) is 6.41. The summed E-state index contributed by atoms with van der Waals surface area (Å²) in [5, 5.41) is 17.7. The van der Waals surface area contributed by atoms with E-state index in [1.165, 1.54) is 12.0 Å². The molecular weight excluding hydrogens is 464 g/mol. The van der Waals surface area contributed by atoms with Gasteiger partial charge >= 0.3 is 5.97 Å². The SMILES string of the molecule is Cc1ccc(NC(=O)[C@@H]2C[C@H](C(=O)O)C[C@H]2c2noc(C3CC(CC(C)C)C3)c2C2CC2)c(Cl)c1. The number of amides is 1. The number of carboxylic acid groups (broad SMARTS) is 1. The van der Waals surface area contributed by atoms with E-state index in [9.17, 15) is 14.7 Å². The summed E-state index contributed by atoms with van der Waals surface area (Å²) in [4.78, 5) is 25.4. The number of aryl methyl sites for hydroxylation is 1. The van der Waals surface area contributed by atoms with Gasteiger partial charge in [0.25, 0.3) is 0 Å². The van der Waals surface area contributed by atoms with Crippen molar-refractivity contribution in [1.82, 2.24) is 5.16 Å². The topological polar surface area (TPSA) is 92.4 Å². The predicted octanol–water partition coefficient (Wildman–Crippen LogP) is 6.89. The maximum absolute atomic E-state index is 13.4. The Morgan fingerprint density at radius 1 is 1.17 bits per heavy atom. The Kier molecular flexibility index (Phi) is 6.69. The standard InChI is InChI=1S/C28H35ClN2O4/c1-14(2)8-16-10-18(11-16)26-24(17-5-6-17)25(31-35-26)20-12-19(28(33)34)13-21(20)27(32)30-23-7-4-15(3)9-22(23)29/h4,7,9,14,16-21H,5-6,8,10-13H2,1-3H3,(H,30,32)(H,33,34)/t16?,18?,19-,20-,21-/m1/s1. The Morgan fingerprint density at radius 2 is 1.91 bits per heavy atom. The van der Waals surface area contributed by atoms with Crippen molar-refractivity contribution in [3.8, 4) is 0 Å². The molecule has 1 aromatic heterocycles. The van der Waals surface area contributed by atoms with Crippen LogP contribution in [-0.2, 0) is 9.59 Å². The fraction of sp³-hybridized carbons (Fsp3) is 0.607. The Morgan fingerprint density at radius 3 is 2.54 bits per heavy atom. The van der Waals surface area contributed by atoms with Gasteiger partial charge in [-0.25, -0.2) is 0 Å². The second-order valence-electron chi connectivity index (χ2n) is 11.5. The zero-order chi connectivity index (χ0) is 24.9. The van der Waals surface area contributed by atoms with Crippen LogP contribution in [0, 0.1) is 30.6 Å². The molecule has 3 aliphatic rings. The highest BCUT2D eigenvalue weighted by Crippen LogP contribution is 2.55. The van der Waals surface area contributed by atoms with Gasteiger partial charge in [0.15, 0.2) is 0 Å². The van der Waals surface area contributed by atoms with Crippen LogP contribution in [0.4, 0.5) is 5.69 Å². The third-order valence-electron chi connectivity index (χ3n) is 8.16. The first kappa shape index (κ1) is 24.4. The Balaban J connectivity index is 1.40. The molecule has 3 fully saturated rings. The zero-order valence-corrected chi connectivity index (χ0v) is 21.5. The van der Waals surface area contributed by atoms with Gasteiger partial charge in [0.05, 0.1) is 22.3 Å². The molecule has 0 spiro atoms. The third kappa shape index (κ3) is 5.00. The summed E-state index contributed by atoms with van der Waals surface area (Å²) in [5.41, 5.74) is 3.57. The monoisotopic (exact) mass is 498 g/mol. The highest BCUT2D eigenvalue weighted by Gasteiger charge is 2.48. The van der Waals surface area contributed by atoms with Crippen molar-refractivity contribution < 1.29 is 19.2 Å². The van der Waals surface area contributed by atoms with E-state index in [2.05, 4.69) is 24.3 Å². The van der Waals surface area contributed by atoms with Crippen molar-refractivity contribution >= 4 is 29.2 Å². The van der Waals surface area contributed by atoms with Gasteiger partial charge < -0.3 is 14.9 Å². The summed E-state index contributed by atoms with van der Waals surface area (Å²) >= 11 is 6.36. The molecule has 0 saturated heterocycles. The molecule has 3 atom stereocenters. The highest BCUT2D eigenvalue weighted by atomic mass is 35.5. The highest BCUT2D eigenvalue weighted by molar-refractivity contribution is 6.33. The number of aromatic nitrogens is 1. The van der Waals surface area contributed by atoms with Crippen LogP contribution in [0.5, 0.6) is 0 Å².